The van der Waals surface area contributed by atoms with Crippen molar-refractivity contribution >= 4 is 38.2 Å². The molecule has 1 aliphatic heterocycles. The van der Waals surface area contributed by atoms with Crippen LogP contribution in [0.25, 0.3) is 0 Å². The Labute approximate surface area is 88.2 Å². The van der Waals surface area contributed by atoms with Crippen molar-refractivity contribution in [1.82, 2.24) is 0 Å². The molecular formula is C8H8BrNO2S. The average Bonchev–Trinajstić information content (AvgIpc) is 2.28. The van der Waals surface area contributed by atoms with E-state index in [2.05, 4.69) is 21.2 Å². The van der Waals surface area contributed by atoms with Gasteiger partial charge in [-0.1, -0.05) is 0 Å². The van der Waals surface area contributed by atoms with Gasteiger partial charge in [-0.25, -0.2) is 0 Å². The Morgan fingerprint density at radius 3 is 3.08 bits per heavy atom. The van der Waals surface area contributed by atoms with Gasteiger partial charge in [-0.3, -0.25) is 4.79 Å². The van der Waals surface area contributed by atoms with Crippen molar-refractivity contribution in [3.8, 4) is 0 Å². The zero-order valence-electron chi connectivity index (χ0n) is 7.02. The molecule has 1 aromatic rings. The summed E-state index contributed by atoms with van der Waals surface area (Å²) in [5, 5.41) is 3.72. The van der Waals surface area contributed by atoms with Crippen LogP contribution in [0.4, 0.5) is 5.00 Å². The molecule has 0 saturated carbocycles. The molecule has 1 amide bonds. The number of carbonyl (C=O) groups excluding carboxylic acids is 1. The minimum Gasteiger partial charge on any atom is -0.367 e. The molecule has 1 N–H and O–H groups in total. The Bertz CT molecular complexity index is 361. The van der Waals surface area contributed by atoms with Crippen LogP contribution in [0.1, 0.15) is 10.4 Å². The number of nitrogens with one attached hydrogen (secondary N) is 1. The van der Waals surface area contributed by atoms with Crippen molar-refractivity contribution in [3.63, 3.8) is 0 Å². The summed E-state index contributed by atoms with van der Waals surface area (Å²) < 4.78 is 6.24. The van der Waals surface area contributed by atoms with Gasteiger partial charge < -0.3 is 10.1 Å². The molecule has 0 unspecified atom stereocenters. The average molecular weight is 262 g/mol. The van der Waals surface area contributed by atoms with Crippen molar-refractivity contribution in [2.75, 3.05) is 11.9 Å². The summed E-state index contributed by atoms with van der Waals surface area (Å²) in [6, 6.07) is 0. The predicted octanol–water partition coefficient (Wildman–Crippen LogP) is 2.29. The van der Waals surface area contributed by atoms with Gasteiger partial charge in [0.15, 0.2) is 0 Å². The van der Waals surface area contributed by atoms with Gasteiger partial charge in [0, 0.05) is 14.9 Å². The van der Waals surface area contributed by atoms with E-state index in [1.54, 1.807) is 11.3 Å². The van der Waals surface area contributed by atoms with E-state index in [4.69, 9.17) is 4.74 Å². The van der Waals surface area contributed by atoms with Crippen LogP contribution in [-0.2, 0) is 16.1 Å². The van der Waals surface area contributed by atoms with Crippen LogP contribution >= 0.6 is 27.3 Å². The van der Waals surface area contributed by atoms with Crippen LogP contribution in [0.5, 0.6) is 0 Å². The number of aryl methyl sites for hydroxylation is 1. The summed E-state index contributed by atoms with van der Waals surface area (Å²) in [5.41, 5.74) is 1.05. The minimum atomic E-state index is -0.0764. The standard InChI is InChI=1S/C8H8BrNO2S/c1-4-7(9)5-2-12-3-6(11)10-8(5)13-4/h2-3H2,1H3,(H,10,11). The van der Waals surface area contributed by atoms with Gasteiger partial charge in [-0.2, -0.15) is 0 Å². The lowest BCUT2D eigenvalue weighted by molar-refractivity contribution is -0.120. The Morgan fingerprint density at radius 1 is 1.54 bits per heavy atom. The Balaban J connectivity index is 2.45. The quantitative estimate of drug-likeness (QED) is 0.779. The van der Waals surface area contributed by atoms with Crippen molar-refractivity contribution in [1.29, 1.82) is 0 Å². The van der Waals surface area contributed by atoms with Crippen molar-refractivity contribution < 1.29 is 9.53 Å². The summed E-state index contributed by atoms with van der Waals surface area (Å²) in [6.45, 7) is 2.65. The zero-order valence-corrected chi connectivity index (χ0v) is 9.42. The normalized spacial score (nSPS) is 16.3. The van der Waals surface area contributed by atoms with E-state index < -0.39 is 0 Å². The van der Waals surface area contributed by atoms with Gasteiger partial charge in [0.25, 0.3) is 5.91 Å². The highest BCUT2D eigenvalue weighted by Gasteiger charge is 2.19. The summed E-state index contributed by atoms with van der Waals surface area (Å²) in [6.07, 6.45) is 0. The van der Waals surface area contributed by atoms with E-state index in [1.165, 1.54) is 0 Å². The van der Waals surface area contributed by atoms with Gasteiger partial charge in [0.05, 0.1) is 6.61 Å². The predicted molar refractivity (Wildman–Crippen MR) is 55.0 cm³/mol. The van der Waals surface area contributed by atoms with E-state index in [9.17, 15) is 4.79 Å². The lowest BCUT2D eigenvalue weighted by Crippen LogP contribution is -2.14. The van der Waals surface area contributed by atoms with Crippen LogP contribution in [0.3, 0.4) is 0 Å². The lowest BCUT2D eigenvalue weighted by Gasteiger charge is -1.96. The maximum absolute atomic E-state index is 11.1. The third kappa shape index (κ3) is 1.63. The fraction of sp³-hybridized carbons (Fsp3) is 0.375. The summed E-state index contributed by atoms with van der Waals surface area (Å²) >= 11 is 5.04. The van der Waals surface area contributed by atoms with Crippen LogP contribution in [0.15, 0.2) is 4.47 Å². The number of halogens is 1. The van der Waals surface area contributed by atoms with Crippen molar-refractivity contribution in [2.45, 2.75) is 13.5 Å². The van der Waals surface area contributed by atoms with Gasteiger partial charge in [-0.15, -0.1) is 11.3 Å². The van der Waals surface area contributed by atoms with Gasteiger partial charge in [0.2, 0.25) is 0 Å². The van der Waals surface area contributed by atoms with Crippen molar-refractivity contribution in [2.24, 2.45) is 0 Å². The van der Waals surface area contributed by atoms with E-state index >= 15 is 0 Å². The molecule has 0 atom stereocenters. The second kappa shape index (κ2) is 3.40. The molecule has 1 aromatic heterocycles. The highest BCUT2D eigenvalue weighted by molar-refractivity contribution is 9.10. The lowest BCUT2D eigenvalue weighted by atomic mass is 10.3. The van der Waals surface area contributed by atoms with E-state index in [1.807, 2.05) is 6.92 Å². The molecule has 70 valence electrons. The topological polar surface area (TPSA) is 38.3 Å². The number of carbonyl (C=O) groups is 1. The molecule has 0 bridgehead atoms. The smallest absolute Gasteiger partial charge is 0.250 e. The molecule has 0 radical (unpaired) electrons. The van der Waals surface area contributed by atoms with Crippen LogP contribution < -0.4 is 5.32 Å². The molecule has 5 heteroatoms. The number of hydrogen-bond donors (Lipinski definition) is 1. The first-order valence-electron chi connectivity index (χ1n) is 3.84. The Morgan fingerprint density at radius 2 is 2.31 bits per heavy atom. The zero-order chi connectivity index (χ0) is 9.42. The fourth-order valence-corrected chi connectivity index (χ4v) is 2.86. The molecule has 2 rings (SSSR count). The highest BCUT2D eigenvalue weighted by Crippen LogP contribution is 2.38. The van der Waals surface area contributed by atoms with E-state index in [0.29, 0.717) is 6.61 Å². The third-order valence-electron chi connectivity index (χ3n) is 1.84. The largest absolute Gasteiger partial charge is 0.367 e. The fourth-order valence-electron chi connectivity index (χ4n) is 1.21. The number of hydrogen-bond acceptors (Lipinski definition) is 3. The van der Waals surface area contributed by atoms with Crippen LogP contribution in [-0.4, -0.2) is 12.5 Å². The number of ether oxygens (including phenoxy) is 1. The number of fused-ring (bicyclic) bond motifs is 1. The summed E-state index contributed by atoms with van der Waals surface area (Å²) in [7, 11) is 0. The molecule has 1 aliphatic rings. The van der Waals surface area contributed by atoms with E-state index in [0.717, 1.165) is 19.9 Å². The number of rotatable bonds is 0. The molecular weight excluding hydrogens is 254 g/mol. The second-order valence-corrected chi connectivity index (χ2v) is 4.84. The first kappa shape index (κ1) is 9.18. The molecule has 0 saturated heterocycles. The third-order valence-corrected chi connectivity index (χ3v) is 4.23. The molecule has 0 fully saturated rings. The Hall–Kier alpha value is -0.390. The number of thiophene rings is 1. The summed E-state index contributed by atoms with van der Waals surface area (Å²) in [5.74, 6) is -0.0764. The minimum absolute atomic E-state index is 0.0764. The van der Waals surface area contributed by atoms with Crippen LogP contribution in [0.2, 0.25) is 0 Å². The van der Waals surface area contributed by atoms with Gasteiger partial charge in [-0.05, 0) is 22.9 Å². The summed E-state index contributed by atoms with van der Waals surface area (Å²) in [4.78, 5) is 12.3. The molecule has 3 nitrogen and oxygen atoms in total. The van der Waals surface area contributed by atoms with Crippen molar-refractivity contribution in [3.05, 3.63) is 14.9 Å². The van der Waals surface area contributed by atoms with Gasteiger partial charge in [0.1, 0.15) is 11.6 Å². The van der Waals surface area contributed by atoms with E-state index in [-0.39, 0.29) is 12.5 Å². The molecule has 13 heavy (non-hydrogen) atoms. The Kier molecular flexibility index (Phi) is 2.40. The SMILES string of the molecule is Cc1sc2c(c1Br)COCC(=O)N2. The van der Waals surface area contributed by atoms with Crippen LogP contribution in [0, 0.1) is 6.92 Å². The number of anilines is 1. The number of amides is 1. The second-order valence-electron chi connectivity index (χ2n) is 2.82. The maximum atomic E-state index is 11.1. The molecule has 2 heterocycles. The van der Waals surface area contributed by atoms with Gasteiger partial charge >= 0.3 is 0 Å². The highest BCUT2D eigenvalue weighted by atomic mass is 79.9. The monoisotopic (exact) mass is 261 g/mol. The first-order valence-corrected chi connectivity index (χ1v) is 5.45. The molecule has 0 aromatic carbocycles. The maximum Gasteiger partial charge on any atom is 0.250 e. The first-order chi connectivity index (χ1) is 6.18. The molecule has 0 aliphatic carbocycles. The molecule has 0 spiro atoms.